The van der Waals surface area contributed by atoms with Gasteiger partial charge in [0.1, 0.15) is 0 Å². The summed E-state index contributed by atoms with van der Waals surface area (Å²) in [5, 5.41) is 3.40. The topological polar surface area (TPSA) is 64.4 Å². The van der Waals surface area contributed by atoms with E-state index in [1.807, 2.05) is 18.2 Å². The maximum Gasteiger partial charge on any atom is 0.249 e. The SMILES string of the molecule is NC(=O)c1ccccc1CNCC1CCOCC1. The first-order valence-corrected chi connectivity index (χ1v) is 6.43. The van der Waals surface area contributed by atoms with Gasteiger partial charge in [0.25, 0.3) is 0 Å². The van der Waals surface area contributed by atoms with Gasteiger partial charge in [0.15, 0.2) is 0 Å². The first-order chi connectivity index (χ1) is 8.77. The maximum atomic E-state index is 11.3. The second-order valence-electron chi connectivity index (χ2n) is 4.71. The molecule has 18 heavy (non-hydrogen) atoms. The van der Waals surface area contributed by atoms with Crippen molar-refractivity contribution in [1.29, 1.82) is 0 Å². The number of rotatable bonds is 5. The van der Waals surface area contributed by atoms with Crippen molar-refractivity contribution >= 4 is 5.91 Å². The molecule has 2 rings (SSSR count). The minimum atomic E-state index is -0.363. The second kappa shape index (κ2) is 6.52. The Hall–Kier alpha value is -1.39. The third kappa shape index (κ3) is 3.55. The minimum absolute atomic E-state index is 0.363. The zero-order chi connectivity index (χ0) is 12.8. The van der Waals surface area contributed by atoms with Crippen molar-refractivity contribution < 1.29 is 9.53 Å². The summed E-state index contributed by atoms with van der Waals surface area (Å²) in [6.07, 6.45) is 2.23. The predicted octanol–water partition coefficient (Wildman–Crippen LogP) is 1.30. The average molecular weight is 248 g/mol. The number of carbonyl (C=O) groups excluding carboxylic acids is 1. The summed E-state index contributed by atoms with van der Waals surface area (Å²) in [7, 11) is 0. The molecule has 0 saturated carbocycles. The Morgan fingerprint density at radius 1 is 1.33 bits per heavy atom. The molecular formula is C14H20N2O2. The molecule has 1 aromatic rings. The Morgan fingerprint density at radius 3 is 2.78 bits per heavy atom. The van der Waals surface area contributed by atoms with Gasteiger partial charge in [-0.3, -0.25) is 4.79 Å². The summed E-state index contributed by atoms with van der Waals surface area (Å²) < 4.78 is 5.33. The van der Waals surface area contributed by atoms with E-state index in [0.29, 0.717) is 18.0 Å². The van der Waals surface area contributed by atoms with Crippen molar-refractivity contribution in [2.24, 2.45) is 11.7 Å². The lowest BCUT2D eigenvalue weighted by atomic mass is 10.00. The van der Waals surface area contributed by atoms with Crippen LogP contribution in [0.15, 0.2) is 24.3 Å². The van der Waals surface area contributed by atoms with E-state index in [1.165, 1.54) is 0 Å². The lowest BCUT2D eigenvalue weighted by molar-refractivity contribution is 0.0662. The highest BCUT2D eigenvalue weighted by molar-refractivity contribution is 5.94. The Morgan fingerprint density at radius 2 is 2.06 bits per heavy atom. The van der Waals surface area contributed by atoms with Gasteiger partial charge in [-0.2, -0.15) is 0 Å². The van der Waals surface area contributed by atoms with Crippen molar-refractivity contribution in [3.8, 4) is 0 Å². The van der Waals surface area contributed by atoms with Gasteiger partial charge < -0.3 is 15.8 Å². The standard InChI is InChI=1S/C14H20N2O2/c15-14(17)13-4-2-1-3-12(13)10-16-9-11-5-7-18-8-6-11/h1-4,11,16H,5-10H2,(H2,15,17). The first-order valence-electron chi connectivity index (χ1n) is 6.43. The highest BCUT2D eigenvalue weighted by atomic mass is 16.5. The van der Waals surface area contributed by atoms with Crippen LogP contribution in [0, 0.1) is 5.92 Å². The molecule has 1 aliphatic heterocycles. The average Bonchev–Trinajstić information content (AvgIpc) is 2.40. The molecule has 4 heteroatoms. The molecule has 0 radical (unpaired) electrons. The van der Waals surface area contributed by atoms with Gasteiger partial charge in [-0.15, -0.1) is 0 Å². The fourth-order valence-corrected chi connectivity index (χ4v) is 2.28. The lowest BCUT2D eigenvalue weighted by Crippen LogP contribution is -2.28. The molecule has 1 aliphatic rings. The maximum absolute atomic E-state index is 11.3. The molecule has 0 unspecified atom stereocenters. The van der Waals surface area contributed by atoms with Crippen LogP contribution in [0.2, 0.25) is 0 Å². The van der Waals surface area contributed by atoms with Crippen molar-refractivity contribution in [3.05, 3.63) is 35.4 Å². The van der Waals surface area contributed by atoms with E-state index >= 15 is 0 Å². The third-order valence-electron chi connectivity index (χ3n) is 3.37. The normalized spacial score (nSPS) is 16.7. The van der Waals surface area contributed by atoms with Crippen molar-refractivity contribution in [2.45, 2.75) is 19.4 Å². The Kier molecular flexibility index (Phi) is 4.73. The Labute approximate surface area is 108 Å². The van der Waals surface area contributed by atoms with Crippen LogP contribution in [-0.2, 0) is 11.3 Å². The van der Waals surface area contributed by atoms with Crippen molar-refractivity contribution in [3.63, 3.8) is 0 Å². The highest BCUT2D eigenvalue weighted by Gasteiger charge is 2.13. The smallest absolute Gasteiger partial charge is 0.249 e. The summed E-state index contributed by atoms with van der Waals surface area (Å²) in [4.78, 5) is 11.3. The summed E-state index contributed by atoms with van der Waals surface area (Å²) in [5.41, 5.74) is 6.92. The van der Waals surface area contributed by atoms with Crippen LogP contribution in [0.5, 0.6) is 0 Å². The van der Waals surface area contributed by atoms with Gasteiger partial charge in [0.2, 0.25) is 5.91 Å². The fraction of sp³-hybridized carbons (Fsp3) is 0.500. The second-order valence-corrected chi connectivity index (χ2v) is 4.71. The Bertz CT molecular complexity index is 401. The summed E-state index contributed by atoms with van der Waals surface area (Å²) in [5.74, 6) is 0.318. The number of carbonyl (C=O) groups is 1. The molecule has 4 nitrogen and oxygen atoms in total. The molecule has 3 N–H and O–H groups in total. The summed E-state index contributed by atoms with van der Waals surface area (Å²) in [6, 6.07) is 7.48. The van der Waals surface area contributed by atoms with Gasteiger partial charge in [0.05, 0.1) is 0 Å². The van der Waals surface area contributed by atoms with Crippen LogP contribution in [0.4, 0.5) is 0 Å². The van der Waals surface area contributed by atoms with Crippen LogP contribution in [0.1, 0.15) is 28.8 Å². The van der Waals surface area contributed by atoms with E-state index in [9.17, 15) is 4.79 Å². The number of hydrogen-bond donors (Lipinski definition) is 2. The largest absolute Gasteiger partial charge is 0.381 e. The Balaban J connectivity index is 1.84. The zero-order valence-corrected chi connectivity index (χ0v) is 10.5. The number of amides is 1. The van der Waals surface area contributed by atoms with Crippen LogP contribution in [-0.4, -0.2) is 25.7 Å². The molecule has 98 valence electrons. The molecule has 0 atom stereocenters. The number of nitrogens with two attached hydrogens (primary N) is 1. The molecule has 1 heterocycles. The van der Waals surface area contributed by atoms with Crippen molar-refractivity contribution in [1.82, 2.24) is 5.32 Å². The number of ether oxygens (including phenoxy) is 1. The van der Waals surface area contributed by atoms with E-state index < -0.39 is 0 Å². The van der Waals surface area contributed by atoms with Gasteiger partial charge in [-0.1, -0.05) is 18.2 Å². The van der Waals surface area contributed by atoms with Crippen LogP contribution < -0.4 is 11.1 Å². The van der Waals surface area contributed by atoms with Crippen LogP contribution in [0.3, 0.4) is 0 Å². The number of benzene rings is 1. The van der Waals surface area contributed by atoms with Crippen molar-refractivity contribution in [2.75, 3.05) is 19.8 Å². The fourth-order valence-electron chi connectivity index (χ4n) is 2.28. The number of primary amides is 1. The quantitative estimate of drug-likeness (QED) is 0.825. The summed E-state index contributed by atoms with van der Waals surface area (Å²) >= 11 is 0. The van der Waals surface area contributed by atoms with Gasteiger partial charge >= 0.3 is 0 Å². The van der Waals surface area contributed by atoms with Gasteiger partial charge in [-0.05, 0) is 36.9 Å². The van der Waals surface area contributed by atoms with Crippen LogP contribution in [0.25, 0.3) is 0 Å². The van der Waals surface area contributed by atoms with Crippen LogP contribution >= 0.6 is 0 Å². The molecule has 1 saturated heterocycles. The number of nitrogens with one attached hydrogen (secondary N) is 1. The molecule has 0 bridgehead atoms. The van der Waals surface area contributed by atoms with E-state index in [1.54, 1.807) is 6.07 Å². The minimum Gasteiger partial charge on any atom is -0.381 e. The monoisotopic (exact) mass is 248 g/mol. The molecular weight excluding hydrogens is 228 g/mol. The van der Waals surface area contributed by atoms with E-state index in [4.69, 9.17) is 10.5 Å². The molecule has 0 aromatic heterocycles. The predicted molar refractivity (Wildman–Crippen MR) is 70.2 cm³/mol. The lowest BCUT2D eigenvalue weighted by Gasteiger charge is -2.22. The molecule has 1 fully saturated rings. The molecule has 1 amide bonds. The van der Waals surface area contributed by atoms with E-state index in [0.717, 1.165) is 38.2 Å². The molecule has 1 aromatic carbocycles. The molecule has 0 spiro atoms. The molecule has 0 aliphatic carbocycles. The zero-order valence-electron chi connectivity index (χ0n) is 10.5. The summed E-state index contributed by atoms with van der Waals surface area (Å²) in [6.45, 7) is 3.39. The van der Waals surface area contributed by atoms with Gasteiger partial charge in [-0.25, -0.2) is 0 Å². The highest BCUT2D eigenvalue weighted by Crippen LogP contribution is 2.14. The third-order valence-corrected chi connectivity index (χ3v) is 3.37. The van der Waals surface area contributed by atoms with E-state index in [2.05, 4.69) is 5.32 Å². The van der Waals surface area contributed by atoms with E-state index in [-0.39, 0.29) is 5.91 Å². The first kappa shape index (κ1) is 13.1. The number of hydrogen-bond acceptors (Lipinski definition) is 3. The van der Waals surface area contributed by atoms with Gasteiger partial charge in [0, 0.05) is 25.3 Å².